The molecule has 0 radical (unpaired) electrons. The number of benzene rings is 2. The average Bonchev–Trinajstić information content (AvgIpc) is 2.45. The molecule has 0 aliphatic rings. The van der Waals surface area contributed by atoms with Gasteiger partial charge in [-0.15, -0.1) is 0 Å². The predicted molar refractivity (Wildman–Crippen MR) is 81.5 cm³/mol. The lowest BCUT2D eigenvalue weighted by Gasteiger charge is -2.07. The van der Waals surface area contributed by atoms with Crippen molar-refractivity contribution in [2.75, 3.05) is 11.9 Å². The first-order valence-corrected chi connectivity index (χ1v) is 6.93. The molecule has 0 bridgehead atoms. The number of anilines is 1. The molecule has 0 saturated heterocycles. The Hall–Kier alpha value is -2.21. The third-order valence-electron chi connectivity index (χ3n) is 2.59. The zero-order valence-corrected chi connectivity index (χ0v) is 12.5. The molecule has 0 aromatic heterocycles. The van der Waals surface area contributed by atoms with Crippen molar-refractivity contribution in [1.82, 2.24) is 5.32 Å². The second-order valence-electron chi connectivity index (χ2n) is 4.26. The summed E-state index contributed by atoms with van der Waals surface area (Å²) in [6, 6.07) is 12.7. The zero-order valence-electron chi connectivity index (χ0n) is 10.9. The Morgan fingerprint density at radius 2 is 1.81 bits per heavy atom. The van der Waals surface area contributed by atoms with Crippen LogP contribution in [-0.4, -0.2) is 18.4 Å². The summed E-state index contributed by atoms with van der Waals surface area (Å²) in [6.07, 6.45) is 0. The number of rotatable bonds is 4. The van der Waals surface area contributed by atoms with E-state index in [9.17, 15) is 14.0 Å². The van der Waals surface area contributed by atoms with Crippen molar-refractivity contribution in [3.05, 3.63) is 64.4 Å². The van der Waals surface area contributed by atoms with E-state index in [1.807, 2.05) is 6.07 Å². The first kappa shape index (κ1) is 15.2. The third kappa shape index (κ3) is 4.68. The van der Waals surface area contributed by atoms with E-state index in [-0.39, 0.29) is 18.0 Å². The minimum absolute atomic E-state index is 0.148. The van der Waals surface area contributed by atoms with E-state index < -0.39 is 11.7 Å². The molecule has 21 heavy (non-hydrogen) atoms. The van der Waals surface area contributed by atoms with Crippen molar-refractivity contribution in [3.8, 4) is 0 Å². The predicted octanol–water partition coefficient (Wildman–Crippen LogP) is 2.96. The van der Waals surface area contributed by atoms with Gasteiger partial charge in [-0.2, -0.15) is 0 Å². The van der Waals surface area contributed by atoms with Crippen LogP contribution >= 0.6 is 15.9 Å². The number of nitrogens with one attached hydrogen (secondary N) is 2. The molecule has 2 aromatic carbocycles. The number of carbonyl (C=O) groups excluding carboxylic acids is 2. The number of hydrogen-bond acceptors (Lipinski definition) is 2. The first-order valence-electron chi connectivity index (χ1n) is 6.14. The molecule has 0 atom stereocenters. The molecule has 0 heterocycles. The maximum Gasteiger partial charge on any atom is 0.251 e. The molecule has 2 amide bonds. The van der Waals surface area contributed by atoms with Crippen molar-refractivity contribution in [3.63, 3.8) is 0 Å². The van der Waals surface area contributed by atoms with Crippen LogP contribution in [0.2, 0.25) is 0 Å². The van der Waals surface area contributed by atoms with E-state index in [0.29, 0.717) is 10.2 Å². The fraction of sp³-hybridized carbons (Fsp3) is 0.0667. The normalized spacial score (nSPS) is 10.0. The molecule has 0 unspecified atom stereocenters. The van der Waals surface area contributed by atoms with Crippen LogP contribution in [0.5, 0.6) is 0 Å². The van der Waals surface area contributed by atoms with Crippen LogP contribution in [0.4, 0.5) is 10.1 Å². The standard InChI is InChI=1S/C15H12BrFN2O2/c16-11-6-10(7-12(17)8-11)15(21)18-9-14(20)19-13-4-2-1-3-5-13/h1-8H,9H2,(H,18,21)(H,19,20). The Bertz CT molecular complexity index is 642. The van der Waals surface area contributed by atoms with Gasteiger partial charge in [-0.1, -0.05) is 34.1 Å². The van der Waals surface area contributed by atoms with Gasteiger partial charge in [0, 0.05) is 15.7 Å². The molecule has 0 aliphatic heterocycles. The summed E-state index contributed by atoms with van der Waals surface area (Å²) in [5.41, 5.74) is 0.791. The SMILES string of the molecule is O=C(CNC(=O)c1cc(F)cc(Br)c1)Nc1ccccc1. The van der Waals surface area contributed by atoms with Gasteiger partial charge in [-0.3, -0.25) is 9.59 Å². The molecule has 4 nitrogen and oxygen atoms in total. The van der Waals surface area contributed by atoms with Crippen molar-refractivity contribution < 1.29 is 14.0 Å². The smallest absolute Gasteiger partial charge is 0.251 e. The fourth-order valence-corrected chi connectivity index (χ4v) is 2.14. The lowest BCUT2D eigenvalue weighted by atomic mass is 10.2. The van der Waals surface area contributed by atoms with Crippen molar-refractivity contribution >= 4 is 33.4 Å². The maximum atomic E-state index is 13.2. The quantitative estimate of drug-likeness (QED) is 0.890. The van der Waals surface area contributed by atoms with E-state index >= 15 is 0 Å². The molecule has 2 aromatic rings. The van der Waals surface area contributed by atoms with Crippen molar-refractivity contribution in [2.45, 2.75) is 0 Å². The molecular weight excluding hydrogens is 339 g/mol. The van der Waals surface area contributed by atoms with E-state index in [4.69, 9.17) is 0 Å². The van der Waals surface area contributed by atoms with Crippen LogP contribution in [0, 0.1) is 5.82 Å². The van der Waals surface area contributed by atoms with Crippen molar-refractivity contribution in [1.29, 1.82) is 0 Å². The third-order valence-corrected chi connectivity index (χ3v) is 3.05. The molecular formula is C15H12BrFN2O2. The summed E-state index contributed by atoms with van der Waals surface area (Å²) in [4.78, 5) is 23.5. The van der Waals surface area contributed by atoms with Gasteiger partial charge < -0.3 is 10.6 Å². The molecule has 0 fully saturated rings. The summed E-state index contributed by atoms with van der Waals surface area (Å²) in [5, 5.41) is 5.07. The minimum atomic E-state index is -0.525. The van der Waals surface area contributed by atoms with Gasteiger partial charge in [-0.25, -0.2) is 4.39 Å². The molecule has 108 valence electrons. The van der Waals surface area contributed by atoms with Gasteiger partial charge in [0.1, 0.15) is 5.82 Å². The minimum Gasteiger partial charge on any atom is -0.343 e. The molecule has 6 heteroatoms. The van der Waals surface area contributed by atoms with Gasteiger partial charge in [0.15, 0.2) is 0 Å². The van der Waals surface area contributed by atoms with Gasteiger partial charge in [-0.05, 0) is 30.3 Å². The number of para-hydroxylation sites is 1. The monoisotopic (exact) mass is 350 g/mol. The highest BCUT2D eigenvalue weighted by molar-refractivity contribution is 9.10. The molecule has 0 saturated carbocycles. The van der Waals surface area contributed by atoms with Crippen LogP contribution in [0.3, 0.4) is 0 Å². The highest BCUT2D eigenvalue weighted by Crippen LogP contribution is 2.14. The topological polar surface area (TPSA) is 58.2 Å². The summed E-state index contributed by atoms with van der Waals surface area (Å²) >= 11 is 3.11. The van der Waals surface area contributed by atoms with E-state index in [2.05, 4.69) is 26.6 Å². The van der Waals surface area contributed by atoms with Crippen LogP contribution in [0.25, 0.3) is 0 Å². The Kier molecular flexibility index (Phi) is 5.05. The van der Waals surface area contributed by atoms with E-state index in [1.165, 1.54) is 12.1 Å². The molecule has 0 aliphatic carbocycles. The van der Waals surface area contributed by atoms with Gasteiger partial charge >= 0.3 is 0 Å². The summed E-state index contributed by atoms with van der Waals surface area (Å²) in [7, 11) is 0. The number of hydrogen-bond donors (Lipinski definition) is 2. The number of halogens is 2. The lowest BCUT2D eigenvalue weighted by Crippen LogP contribution is -2.32. The van der Waals surface area contributed by atoms with Crippen LogP contribution in [0.15, 0.2) is 53.0 Å². The number of carbonyl (C=O) groups is 2. The van der Waals surface area contributed by atoms with Gasteiger partial charge in [0.25, 0.3) is 5.91 Å². The van der Waals surface area contributed by atoms with Crippen LogP contribution < -0.4 is 10.6 Å². The van der Waals surface area contributed by atoms with Gasteiger partial charge in [0.05, 0.1) is 6.54 Å². The zero-order chi connectivity index (χ0) is 15.2. The molecule has 2 rings (SSSR count). The Labute approximate surface area is 129 Å². The van der Waals surface area contributed by atoms with Crippen LogP contribution in [-0.2, 0) is 4.79 Å². The fourth-order valence-electron chi connectivity index (χ4n) is 1.67. The Morgan fingerprint density at radius 3 is 2.48 bits per heavy atom. The molecule has 0 spiro atoms. The first-order chi connectivity index (χ1) is 10.0. The molecule has 2 N–H and O–H groups in total. The Balaban J connectivity index is 1.90. The highest BCUT2D eigenvalue weighted by Gasteiger charge is 2.10. The lowest BCUT2D eigenvalue weighted by molar-refractivity contribution is -0.115. The highest BCUT2D eigenvalue weighted by atomic mass is 79.9. The second kappa shape index (κ2) is 6.99. The van der Waals surface area contributed by atoms with Crippen LogP contribution in [0.1, 0.15) is 10.4 Å². The maximum absolute atomic E-state index is 13.2. The number of amides is 2. The van der Waals surface area contributed by atoms with E-state index in [0.717, 1.165) is 6.07 Å². The largest absolute Gasteiger partial charge is 0.343 e. The average molecular weight is 351 g/mol. The van der Waals surface area contributed by atoms with Crippen molar-refractivity contribution in [2.24, 2.45) is 0 Å². The second-order valence-corrected chi connectivity index (χ2v) is 5.17. The van der Waals surface area contributed by atoms with E-state index in [1.54, 1.807) is 24.3 Å². The Morgan fingerprint density at radius 1 is 1.10 bits per heavy atom. The summed E-state index contributed by atoms with van der Waals surface area (Å²) in [5.74, 6) is -1.40. The summed E-state index contributed by atoms with van der Waals surface area (Å²) < 4.78 is 13.6. The summed E-state index contributed by atoms with van der Waals surface area (Å²) in [6.45, 7) is -0.193. The van der Waals surface area contributed by atoms with Gasteiger partial charge in [0.2, 0.25) is 5.91 Å².